The highest BCUT2D eigenvalue weighted by molar-refractivity contribution is 7.16. The van der Waals surface area contributed by atoms with E-state index in [0.29, 0.717) is 28.9 Å². The fourth-order valence-electron chi connectivity index (χ4n) is 5.86. The van der Waals surface area contributed by atoms with Gasteiger partial charge in [0.25, 0.3) is 5.56 Å². The van der Waals surface area contributed by atoms with Crippen LogP contribution >= 0.6 is 11.3 Å². The first-order valence-electron chi connectivity index (χ1n) is 9.66. The second-order valence-corrected chi connectivity index (χ2v) is 9.71. The maximum absolute atomic E-state index is 13.0. The number of rotatable bonds is 4. The molecule has 2 heterocycles. The minimum Gasteiger partial charge on any atom is -0.459 e. The summed E-state index contributed by atoms with van der Waals surface area (Å²) < 4.78 is 6.91. The van der Waals surface area contributed by atoms with E-state index in [4.69, 9.17) is 4.74 Å². The van der Waals surface area contributed by atoms with E-state index in [1.54, 1.807) is 0 Å². The number of carbonyl (C=O) groups excluding carboxylic acids is 1. The van der Waals surface area contributed by atoms with E-state index in [0.717, 1.165) is 43.5 Å². The Morgan fingerprint density at radius 1 is 1.37 bits per heavy atom. The van der Waals surface area contributed by atoms with Crippen LogP contribution in [0.25, 0.3) is 4.96 Å². The summed E-state index contributed by atoms with van der Waals surface area (Å²) in [6.07, 6.45) is 5.64. The second-order valence-electron chi connectivity index (χ2n) is 8.67. The molecule has 0 aliphatic heterocycles. The molecule has 4 aliphatic carbocycles. The summed E-state index contributed by atoms with van der Waals surface area (Å²) in [5, 5.41) is 15.9. The van der Waals surface area contributed by atoms with E-state index in [2.05, 4.69) is 10.1 Å². The van der Waals surface area contributed by atoms with E-state index in [9.17, 15) is 14.7 Å². The van der Waals surface area contributed by atoms with Crippen LogP contribution in [0.1, 0.15) is 56.2 Å². The molecule has 0 unspecified atom stereocenters. The van der Waals surface area contributed by atoms with Gasteiger partial charge in [-0.3, -0.25) is 9.59 Å². The number of fused-ring (bicyclic) bond motifs is 1. The molecule has 8 heteroatoms. The molecule has 7 nitrogen and oxygen atoms in total. The standard InChI is InChI=1S/C19H23N3O4S/c1-2-14-21-22-15(23)4-13(20-17(22)27-14)9-26-16(24)18-5-11-3-12(6-18)8-19(25,7-11)10-18/h4,11-12,25H,2-3,5-10H2,1H3/t11-,12-,18?,19?/m1/s1. The van der Waals surface area contributed by atoms with Crippen molar-refractivity contribution in [2.75, 3.05) is 0 Å². The van der Waals surface area contributed by atoms with E-state index < -0.39 is 11.0 Å². The summed E-state index contributed by atoms with van der Waals surface area (Å²) in [5.74, 6) is 0.607. The van der Waals surface area contributed by atoms with Gasteiger partial charge < -0.3 is 9.84 Å². The maximum atomic E-state index is 13.0. The minimum atomic E-state index is -0.696. The lowest BCUT2D eigenvalue weighted by molar-refractivity contribution is -0.197. The van der Waals surface area contributed by atoms with Crippen LogP contribution in [0.3, 0.4) is 0 Å². The highest BCUT2D eigenvalue weighted by atomic mass is 32.1. The highest BCUT2D eigenvalue weighted by Crippen LogP contribution is 2.62. The number of nitrogens with zero attached hydrogens (tertiary/aromatic N) is 3. The Morgan fingerprint density at radius 3 is 2.78 bits per heavy atom. The zero-order chi connectivity index (χ0) is 18.8. The normalized spacial score (nSPS) is 34.3. The SMILES string of the molecule is CCc1nn2c(=O)cc(COC(=O)C34C[C@H]5C[C@@H](CC(O)(C5)C3)C4)nc2s1. The summed E-state index contributed by atoms with van der Waals surface area (Å²) in [4.78, 5) is 30.1. The Labute approximate surface area is 160 Å². The maximum Gasteiger partial charge on any atom is 0.312 e. The van der Waals surface area contributed by atoms with Crippen molar-refractivity contribution in [3.05, 3.63) is 27.1 Å². The molecule has 2 aromatic heterocycles. The van der Waals surface area contributed by atoms with Crippen LogP contribution < -0.4 is 5.56 Å². The Morgan fingerprint density at radius 2 is 2.11 bits per heavy atom. The second kappa shape index (κ2) is 5.85. The van der Waals surface area contributed by atoms with Crippen molar-refractivity contribution in [1.29, 1.82) is 0 Å². The molecule has 0 amide bonds. The van der Waals surface area contributed by atoms with Crippen LogP contribution in [0, 0.1) is 17.3 Å². The third-order valence-corrected chi connectivity index (χ3v) is 7.51. The molecule has 4 saturated carbocycles. The Kier molecular flexibility index (Phi) is 3.75. The van der Waals surface area contributed by atoms with Crippen LogP contribution in [0.4, 0.5) is 0 Å². The van der Waals surface area contributed by atoms with Crippen molar-refractivity contribution < 1.29 is 14.6 Å². The molecule has 1 N–H and O–H groups in total. The highest BCUT2D eigenvalue weighted by Gasteiger charge is 2.60. The van der Waals surface area contributed by atoms with E-state index >= 15 is 0 Å². The molecule has 4 bridgehead atoms. The summed E-state index contributed by atoms with van der Waals surface area (Å²) >= 11 is 1.37. The first-order chi connectivity index (χ1) is 12.9. The lowest BCUT2D eigenvalue weighted by atomic mass is 9.48. The molecule has 4 aliphatic rings. The van der Waals surface area contributed by atoms with Gasteiger partial charge >= 0.3 is 5.97 Å². The average Bonchev–Trinajstić information content (AvgIpc) is 3.01. The van der Waals surface area contributed by atoms with Crippen molar-refractivity contribution in [2.24, 2.45) is 17.3 Å². The first kappa shape index (κ1) is 17.3. The van der Waals surface area contributed by atoms with Gasteiger partial charge in [0.2, 0.25) is 4.96 Å². The predicted molar refractivity (Wildman–Crippen MR) is 98.4 cm³/mol. The van der Waals surface area contributed by atoms with Crippen LogP contribution in [0.5, 0.6) is 0 Å². The number of aryl methyl sites for hydroxylation is 1. The number of hydrogen-bond donors (Lipinski definition) is 1. The molecule has 2 atom stereocenters. The fraction of sp³-hybridized carbons (Fsp3) is 0.684. The summed E-state index contributed by atoms with van der Waals surface area (Å²) in [6, 6.07) is 1.38. The molecule has 6 rings (SSSR count). The van der Waals surface area contributed by atoms with Gasteiger partial charge in [-0.25, -0.2) is 4.98 Å². The molecule has 0 aromatic carbocycles. The third kappa shape index (κ3) is 2.81. The monoisotopic (exact) mass is 389 g/mol. The van der Waals surface area contributed by atoms with Crippen molar-refractivity contribution >= 4 is 22.3 Å². The summed E-state index contributed by atoms with van der Waals surface area (Å²) in [7, 11) is 0. The average molecular weight is 389 g/mol. The topological polar surface area (TPSA) is 93.8 Å². The first-order valence-corrected chi connectivity index (χ1v) is 10.5. The zero-order valence-electron chi connectivity index (χ0n) is 15.3. The lowest BCUT2D eigenvalue weighted by Gasteiger charge is -2.58. The number of carbonyl (C=O) groups is 1. The van der Waals surface area contributed by atoms with E-state index in [1.165, 1.54) is 21.9 Å². The van der Waals surface area contributed by atoms with Gasteiger partial charge in [0, 0.05) is 6.07 Å². The van der Waals surface area contributed by atoms with Gasteiger partial charge in [0.15, 0.2) is 0 Å². The van der Waals surface area contributed by atoms with Crippen LogP contribution in [0.2, 0.25) is 0 Å². The molecular formula is C19H23N3O4S. The van der Waals surface area contributed by atoms with Crippen LogP contribution in [0.15, 0.2) is 10.9 Å². The molecule has 0 spiro atoms. The molecule has 0 radical (unpaired) electrons. The predicted octanol–water partition coefficient (Wildman–Crippen LogP) is 2.09. The molecule has 27 heavy (non-hydrogen) atoms. The summed E-state index contributed by atoms with van der Waals surface area (Å²) in [5.41, 5.74) is -1.06. The molecule has 2 aromatic rings. The lowest BCUT2D eigenvalue weighted by Crippen LogP contribution is -2.58. The molecule has 144 valence electrons. The summed E-state index contributed by atoms with van der Waals surface area (Å²) in [6.45, 7) is 1.96. The van der Waals surface area contributed by atoms with Crippen LogP contribution in [-0.2, 0) is 22.6 Å². The number of aromatic nitrogens is 3. The number of esters is 1. The molecular weight excluding hydrogens is 366 g/mol. The Hall–Kier alpha value is -1.80. The van der Waals surface area contributed by atoms with Gasteiger partial charge in [-0.05, 0) is 56.8 Å². The van der Waals surface area contributed by atoms with Gasteiger partial charge in [0.1, 0.15) is 11.6 Å². The quantitative estimate of drug-likeness (QED) is 0.805. The third-order valence-electron chi connectivity index (χ3n) is 6.46. The Bertz CT molecular complexity index is 967. The number of ether oxygens (including phenoxy) is 1. The van der Waals surface area contributed by atoms with Crippen molar-refractivity contribution in [1.82, 2.24) is 14.6 Å². The largest absolute Gasteiger partial charge is 0.459 e. The van der Waals surface area contributed by atoms with Crippen molar-refractivity contribution in [3.8, 4) is 0 Å². The Balaban J connectivity index is 1.35. The van der Waals surface area contributed by atoms with Crippen molar-refractivity contribution in [2.45, 2.75) is 64.1 Å². The zero-order valence-corrected chi connectivity index (χ0v) is 16.1. The fourth-order valence-corrected chi connectivity index (χ4v) is 6.72. The number of hydrogen-bond acceptors (Lipinski definition) is 7. The van der Waals surface area contributed by atoms with Gasteiger partial charge in [-0.1, -0.05) is 18.3 Å². The van der Waals surface area contributed by atoms with Crippen LogP contribution in [-0.4, -0.2) is 31.3 Å². The minimum absolute atomic E-state index is 0.0144. The molecule has 0 saturated heterocycles. The molecule has 4 fully saturated rings. The van der Waals surface area contributed by atoms with Crippen molar-refractivity contribution in [3.63, 3.8) is 0 Å². The van der Waals surface area contributed by atoms with E-state index in [-0.39, 0.29) is 18.1 Å². The van der Waals surface area contributed by atoms with Gasteiger partial charge in [0.05, 0.1) is 16.7 Å². The van der Waals surface area contributed by atoms with Gasteiger partial charge in [-0.2, -0.15) is 9.61 Å². The smallest absolute Gasteiger partial charge is 0.312 e. The van der Waals surface area contributed by atoms with Gasteiger partial charge in [-0.15, -0.1) is 0 Å². The number of aliphatic hydroxyl groups is 1. The van der Waals surface area contributed by atoms with E-state index in [1.807, 2.05) is 6.92 Å².